The van der Waals surface area contributed by atoms with E-state index in [2.05, 4.69) is 35.0 Å². The maximum absolute atomic E-state index is 5.85. The number of aryl methyl sites for hydroxylation is 1. The third kappa shape index (κ3) is 3.82. The fourth-order valence-electron chi connectivity index (χ4n) is 1.97. The molecular formula is C16H18BrNO. The smallest absolute Gasteiger partial charge is 0.120 e. The van der Waals surface area contributed by atoms with Crippen molar-refractivity contribution >= 4 is 15.9 Å². The Hall–Kier alpha value is -1.32. The van der Waals surface area contributed by atoms with E-state index in [1.165, 1.54) is 16.7 Å². The summed E-state index contributed by atoms with van der Waals surface area (Å²) in [6, 6.07) is 14.3. The molecule has 2 rings (SSSR count). The van der Waals surface area contributed by atoms with Gasteiger partial charge in [0.1, 0.15) is 12.4 Å². The maximum Gasteiger partial charge on any atom is 0.120 e. The summed E-state index contributed by atoms with van der Waals surface area (Å²) in [5.74, 6) is 0.892. The molecule has 0 aliphatic heterocycles. The molecule has 3 heteroatoms. The van der Waals surface area contributed by atoms with Crippen LogP contribution in [0, 0.1) is 6.92 Å². The lowest BCUT2D eigenvalue weighted by molar-refractivity contribution is 0.305. The first-order chi connectivity index (χ1) is 9.20. The molecule has 0 spiro atoms. The SMILES string of the molecule is Cc1cc(OCc2ccccc2CCN)ccc1Br. The zero-order chi connectivity index (χ0) is 13.7. The largest absolute Gasteiger partial charge is 0.489 e. The Balaban J connectivity index is 2.07. The second-order valence-corrected chi connectivity index (χ2v) is 5.36. The predicted octanol–water partition coefficient (Wildman–Crippen LogP) is 3.84. The van der Waals surface area contributed by atoms with Gasteiger partial charge in [-0.25, -0.2) is 0 Å². The molecule has 2 N–H and O–H groups in total. The monoisotopic (exact) mass is 319 g/mol. The Bertz CT molecular complexity index is 554. The highest BCUT2D eigenvalue weighted by Crippen LogP contribution is 2.22. The van der Waals surface area contributed by atoms with Crippen LogP contribution >= 0.6 is 15.9 Å². The van der Waals surface area contributed by atoms with E-state index in [0.717, 1.165) is 16.6 Å². The molecule has 2 nitrogen and oxygen atoms in total. The standard InChI is InChI=1S/C16H18BrNO/c1-12-10-15(6-7-16(12)17)19-11-14-5-3-2-4-13(14)8-9-18/h2-7,10H,8-9,11,18H2,1H3. The molecule has 0 amide bonds. The number of halogens is 1. The lowest BCUT2D eigenvalue weighted by Crippen LogP contribution is -2.07. The fraction of sp³-hybridized carbons (Fsp3) is 0.250. The van der Waals surface area contributed by atoms with E-state index in [1.807, 2.05) is 30.3 Å². The molecule has 0 bridgehead atoms. The zero-order valence-electron chi connectivity index (χ0n) is 11.0. The van der Waals surface area contributed by atoms with E-state index in [0.29, 0.717) is 13.2 Å². The van der Waals surface area contributed by atoms with Crippen LogP contribution in [0.4, 0.5) is 0 Å². The Morgan fingerprint density at radius 3 is 2.53 bits per heavy atom. The normalized spacial score (nSPS) is 10.5. The second-order valence-electron chi connectivity index (χ2n) is 4.51. The van der Waals surface area contributed by atoms with Crippen molar-refractivity contribution in [1.82, 2.24) is 0 Å². The number of ether oxygens (including phenoxy) is 1. The third-order valence-electron chi connectivity index (χ3n) is 3.06. The van der Waals surface area contributed by atoms with E-state index in [1.54, 1.807) is 0 Å². The van der Waals surface area contributed by atoms with Crippen molar-refractivity contribution in [3.05, 3.63) is 63.6 Å². The molecule has 0 heterocycles. The molecule has 0 aromatic heterocycles. The van der Waals surface area contributed by atoms with Gasteiger partial charge in [0, 0.05) is 4.47 Å². The van der Waals surface area contributed by atoms with Crippen LogP contribution in [-0.4, -0.2) is 6.54 Å². The lowest BCUT2D eigenvalue weighted by Gasteiger charge is -2.11. The summed E-state index contributed by atoms with van der Waals surface area (Å²) < 4.78 is 6.95. The minimum atomic E-state index is 0.581. The van der Waals surface area contributed by atoms with Crippen LogP contribution in [0.25, 0.3) is 0 Å². The van der Waals surface area contributed by atoms with Crippen molar-refractivity contribution < 1.29 is 4.74 Å². The summed E-state index contributed by atoms with van der Waals surface area (Å²) in [5.41, 5.74) is 9.27. The molecule has 100 valence electrons. The van der Waals surface area contributed by atoms with E-state index < -0.39 is 0 Å². The molecule has 0 aliphatic carbocycles. The highest BCUT2D eigenvalue weighted by atomic mass is 79.9. The minimum absolute atomic E-state index is 0.581. The van der Waals surface area contributed by atoms with Gasteiger partial charge in [-0.15, -0.1) is 0 Å². The summed E-state index contributed by atoms with van der Waals surface area (Å²) in [4.78, 5) is 0. The first-order valence-electron chi connectivity index (χ1n) is 6.36. The summed E-state index contributed by atoms with van der Waals surface area (Å²) in [6.45, 7) is 3.30. The second kappa shape index (κ2) is 6.73. The number of hydrogen-bond donors (Lipinski definition) is 1. The fourth-order valence-corrected chi connectivity index (χ4v) is 2.21. The molecule has 19 heavy (non-hydrogen) atoms. The Morgan fingerprint density at radius 2 is 1.84 bits per heavy atom. The lowest BCUT2D eigenvalue weighted by atomic mass is 10.1. The van der Waals surface area contributed by atoms with E-state index in [4.69, 9.17) is 10.5 Å². The number of hydrogen-bond acceptors (Lipinski definition) is 2. The van der Waals surface area contributed by atoms with E-state index in [9.17, 15) is 0 Å². The molecular weight excluding hydrogens is 302 g/mol. The molecule has 0 saturated heterocycles. The molecule has 0 fully saturated rings. The van der Waals surface area contributed by atoms with Gasteiger partial charge in [0.15, 0.2) is 0 Å². The maximum atomic E-state index is 5.85. The van der Waals surface area contributed by atoms with Crippen LogP contribution in [0.2, 0.25) is 0 Å². The Kier molecular flexibility index (Phi) is 5.00. The number of rotatable bonds is 5. The first-order valence-corrected chi connectivity index (χ1v) is 7.16. The first kappa shape index (κ1) is 14.1. The molecule has 0 radical (unpaired) electrons. The highest BCUT2D eigenvalue weighted by Gasteiger charge is 2.03. The third-order valence-corrected chi connectivity index (χ3v) is 3.95. The predicted molar refractivity (Wildman–Crippen MR) is 82.4 cm³/mol. The molecule has 0 aliphatic rings. The Morgan fingerprint density at radius 1 is 1.11 bits per heavy atom. The summed E-state index contributed by atoms with van der Waals surface area (Å²) in [6.07, 6.45) is 0.888. The van der Waals surface area contributed by atoms with E-state index in [-0.39, 0.29) is 0 Å². The van der Waals surface area contributed by atoms with Crippen LogP contribution in [0.5, 0.6) is 5.75 Å². The van der Waals surface area contributed by atoms with Crippen LogP contribution in [0.1, 0.15) is 16.7 Å². The van der Waals surface area contributed by atoms with Crippen LogP contribution in [0.3, 0.4) is 0 Å². The summed E-state index contributed by atoms with van der Waals surface area (Å²) >= 11 is 3.49. The van der Waals surface area contributed by atoms with Gasteiger partial charge < -0.3 is 10.5 Å². The minimum Gasteiger partial charge on any atom is -0.489 e. The van der Waals surface area contributed by atoms with Crippen molar-refractivity contribution in [2.75, 3.05) is 6.54 Å². The highest BCUT2D eigenvalue weighted by molar-refractivity contribution is 9.10. The zero-order valence-corrected chi connectivity index (χ0v) is 12.6. The van der Waals surface area contributed by atoms with Gasteiger partial charge in [-0.3, -0.25) is 0 Å². The number of benzene rings is 2. The van der Waals surface area contributed by atoms with E-state index >= 15 is 0 Å². The Labute approximate surface area is 122 Å². The van der Waals surface area contributed by atoms with Crippen molar-refractivity contribution in [3.63, 3.8) is 0 Å². The van der Waals surface area contributed by atoms with Crippen molar-refractivity contribution in [2.45, 2.75) is 20.0 Å². The topological polar surface area (TPSA) is 35.2 Å². The molecule has 0 unspecified atom stereocenters. The van der Waals surface area contributed by atoms with Crippen molar-refractivity contribution in [1.29, 1.82) is 0 Å². The van der Waals surface area contributed by atoms with Gasteiger partial charge in [-0.05, 0) is 54.8 Å². The summed E-state index contributed by atoms with van der Waals surface area (Å²) in [7, 11) is 0. The molecule has 2 aromatic rings. The average Bonchev–Trinajstić information content (AvgIpc) is 2.42. The van der Waals surface area contributed by atoms with Crippen molar-refractivity contribution in [3.8, 4) is 5.75 Å². The molecule has 2 aromatic carbocycles. The van der Waals surface area contributed by atoms with Gasteiger partial charge in [0.05, 0.1) is 0 Å². The van der Waals surface area contributed by atoms with Gasteiger partial charge in [0.25, 0.3) is 0 Å². The van der Waals surface area contributed by atoms with Crippen LogP contribution in [-0.2, 0) is 13.0 Å². The van der Waals surface area contributed by atoms with Crippen LogP contribution in [0.15, 0.2) is 46.9 Å². The van der Waals surface area contributed by atoms with Gasteiger partial charge in [-0.1, -0.05) is 40.2 Å². The van der Waals surface area contributed by atoms with Gasteiger partial charge >= 0.3 is 0 Å². The quantitative estimate of drug-likeness (QED) is 0.908. The summed E-state index contributed by atoms with van der Waals surface area (Å²) in [5, 5.41) is 0. The number of nitrogens with two attached hydrogens (primary N) is 1. The van der Waals surface area contributed by atoms with Gasteiger partial charge in [-0.2, -0.15) is 0 Å². The molecule has 0 saturated carbocycles. The van der Waals surface area contributed by atoms with Gasteiger partial charge in [0.2, 0.25) is 0 Å². The van der Waals surface area contributed by atoms with Crippen molar-refractivity contribution in [2.24, 2.45) is 5.73 Å². The average molecular weight is 320 g/mol. The molecule has 0 atom stereocenters. The van der Waals surface area contributed by atoms with Crippen LogP contribution < -0.4 is 10.5 Å².